The van der Waals surface area contributed by atoms with E-state index >= 15 is 0 Å². The van der Waals surface area contributed by atoms with Crippen molar-refractivity contribution in [1.82, 2.24) is 4.90 Å². The van der Waals surface area contributed by atoms with Gasteiger partial charge in [0.15, 0.2) is 0 Å². The van der Waals surface area contributed by atoms with E-state index in [0.29, 0.717) is 0 Å². The Hall–Kier alpha value is -1.55. The van der Waals surface area contributed by atoms with Crippen molar-refractivity contribution in [2.75, 3.05) is 25.4 Å². The molecule has 0 spiro atoms. The molecule has 100 valence electrons. The smallest absolute Gasteiger partial charge is 0.307 e. The van der Waals surface area contributed by atoms with Crippen LogP contribution in [0.3, 0.4) is 0 Å². The molecule has 18 heavy (non-hydrogen) atoms. The first-order valence-electron chi connectivity index (χ1n) is 6.39. The van der Waals surface area contributed by atoms with Gasteiger partial charge in [-0.3, -0.25) is 4.79 Å². The summed E-state index contributed by atoms with van der Waals surface area (Å²) in [5, 5.41) is 8.72. The highest BCUT2D eigenvalue weighted by atomic mass is 16.4. The Morgan fingerprint density at radius 3 is 2.56 bits per heavy atom. The molecule has 1 aliphatic heterocycles. The van der Waals surface area contributed by atoms with Crippen molar-refractivity contribution < 1.29 is 9.90 Å². The molecular weight excluding hydrogens is 228 g/mol. The third-order valence-corrected chi connectivity index (χ3v) is 3.10. The summed E-state index contributed by atoms with van der Waals surface area (Å²) >= 11 is 0. The molecule has 1 atom stereocenters. The van der Waals surface area contributed by atoms with Gasteiger partial charge in [-0.15, -0.1) is 0 Å². The lowest BCUT2D eigenvalue weighted by Crippen LogP contribution is -2.38. The highest BCUT2D eigenvalue weighted by Gasteiger charge is 2.23. The average Bonchev–Trinajstić information content (AvgIpc) is 2.40. The zero-order valence-electron chi connectivity index (χ0n) is 10.9. The van der Waals surface area contributed by atoms with Crippen molar-refractivity contribution >= 4 is 11.7 Å². The molecule has 0 aliphatic carbocycles. The predicted molar refractivity (Wildman–Crippen MR) is 73.3 cm³/mol. The van der Waals surface area contributed by atoms with Crippen LogP contribution in [-0.2, 0) is 4.79 Å². The maximum Gasteiger partial charge on any atom is 0.307 e. The van der Waals surface area contributed by atoms with E-state index < -0.39 is 5.97 Å². The summed E-state index contributed by atoms with van der Waals surface area (Å²) in [6.07, 6.45) is 1.89. The second kappa shape index (κ2) is 7.71. The lowest BCUT2D eigenvalue weighted by molar-refractivity contribution is -0.143. The summed E-state index contributed by atoms with van der Waals surface area (Å²) in [6, 6.07) is 9.49. The van der Waals surface area contributed by atoms with E-state index in [2.05, 4.69) is 11.8 Å². The second-order valence-electron chi connectivity index (χ2n) is 4.48. The fourth-order valence-corrected chi connectivity index (χ4v) is 2.00. The number of carbonyl (C=O) groups is 1. The van der Waals surface area contributed by atoms with E-state index in [1.54, 1.807) is 0 Å². The van der Waals surface area contributed by atoms with Gasteiger partial charge in [0, 0.05) is 12.2 Å². The molecule has 1 fully saturated rings. The normalized spacial score (nSPS) is 19.7. The van der Waals surface area contributed by atoms with Crippen molar-refractivity contribution in [3.8, 4) is 0 Å². The highest BCUT2D eigenvalue weighted by molar-refractivity contribution is 5.70. The number of hydrogen-bond donors (Lipinski definition) is 2. The van der Waals surface area contributed by atoms with Gasteiger partial charge in [-0.1, -0.05) is 25.1 Å². The monoisotopic (exact) mass is 250 g/mol. The Bertz CT molecular complexity index is 354. The maximum absolute atomic E-state index is 10.6. The number of piperidine rings is 1. The highest BCUT2D eigenvalue weighted by Crippen LogP contribution is 2.15. The van der Waals surface area contributed by atoms with Gasteiger partial charge in [-0.25, -0.2) is 0 Å². The Kier molecular flexibility index (Phi) is 6.22. The molecule has 1 heterocycles. The molecule has 4 heteroatoms. The molecule has 3 N–H and O–H groups in total. The van der Waals surface area contributed by atoms with E-state index in [4.69, 9.17) is 10.8 Å². The zero-order chi connectivity index (χ0) is 13.4. The Morgan fingerprint density at radius 1 is 1.44 bits per heavy atom. The van der Waals surface area contributed by atoms with Gasteiger partial charge in [0.25, 0.3) is 0 Å². The number of rotatable bonds is 2. The van der Waals surface area contributed by atoms with Crippen LogP contribution in [0.4, 0.5) is 5.69 Å². The van der Waals surface area contributed by atoms with E-state index in [1.165, 1.54) is 0 Å². The summed E-state index contributed by atoms with van der Waals surface area (Å²) in [7, 11) is 0. The number of carboxylic acid groups (broad SMARTS) is 1. The Labute approximate surface area is 108 Å². The molecule has 1 saturated heterocycles. The summed E-state index contributed by atoms with van der Waals surface area (Å²) in [4.78, 5) is 12.8. The largest absolute Gasteiger partial charge is 0.481 e. The minimum Gasteiger partial charge on any atom is -0.481 e. The number of aliphatic carboxylic acids is 1. The topological polar surface area (TPSA) is 66.6 Å². The number of benzene rings is 1. The van der Waals surface area contributed by atoms with E-state index in [9.17, 15) is 4.79 Å². The molecule has 0 aromatic heterocycles. The third-order valence-electron chi connectivity index (χ3n) is 3.10. The number of nitrogens with zero attached hydrogens (tertiary/aromatic N) is 1. The van der Waals surface area contributed by atoms with Crippen molar-refractivity contribution in [3.05, 3.63) is 30.3 Å². The van der Waals surface area contributed by atoms with Crippen LogP contribution in [0.1, 0.15) is 19.8 Å². The molecule has 4 nitrogen and oxygen atoms in total. The zero-order valence-corrected chi connectivity index (χ0v) is 10.9. The molecule has 0 radical (unpaired) electrons. The number of carboxylic acids is 1. The van der Waals surface area contributed by atoms with Crippen LogP contribution in [0, 0.1) is 5.92 Å². The molecule has 0 amide bonds. The summed E-state index contributed by atoms with van der Waals surface area (Å²) in [5.74, 6) is -0.758. The number of nitrogens with two attached hydrogens (primary N) is 1. The van der Waals surface area contributed by atoms with Gasteiger partial charge < -0.3 is 15.7 Å². The fourth-order valence-electron chi connectivity index (χ4n) is 2.00. The van der Waals surface area contributed by atoms with Gasteiger partial charge in [0.1, 0.15) is 0 Å². The minimum atomic E-state index is -0.636. The van der Waals surface area contributed by atoms with Crippen LogP contribution in [0.2, 0.25) is 0 Å². The minimum absolute atomic E-state index is 0.122. The molecule has 2 rings (SSSR count). The molecular formula is C14H22N2O2. The third kappa shape index (κ3) is 5.19. The molecule has 1 unspecified atom stereocenters. The SMILES string of the molecule is CCN1CCCC(C(=O)O)C1.Nc1ccccc1. The van der Waals surface area contributed by atoms with E-state index in [-0.39, 0.29) is 5.92 Å². The summed E-state index contributed by atoms with van der Waals surface area (Å²) in [5.41, 5.74) is 6.18. The lowest BCUT2D eigenvalue weighted by Gasteiger charge is -2.29. The van der Waals surface area contributed by atoms with Crippen molar-refractivity contribution in [1.29, 1.82) is 0 Å². The van der Waals surface area contributed by atoms with Crippen LogP contribution < -0.4 is 5.73 Å². The van der Waals surface area contributed by atoms with Crippen LogP contribution >= 0.6 is 0 Å². The lowest BCUT2D eigenvalue weighted by atomic mass is 9.98. The molecule has 1 aliphatic rings. The average molecular weight is 250 g/mol. The summed E-state index contributed by atoms with van der Waals surface area (Å²) < 4.78 is 0. The number of anilines is 1. The fraction of sp³-hybridized carbons (Fsp3) is 0.500. The standard InChI is InChI=1S/C8H15NO2.C6H7N/c1-2-9-5-3-4-7(6-9)8(10)11;7-6-4-2-1-3-5-6/h7H,2-6H2,1H3,(H,10,11);1-5H,7H2. The van der Waals surface area contributed by atoms with Gasteiger partial charge >= 0.3 is 5.97 Å². The number of likely N-dealkylation sites (tertiary alicyclic amines) is 1. The molecule has 1 aromatic carbocycles. The first kappa shape index (κ1) is 14.5. The summed E-state index contributed by atoms with van der Waals surface area (Å²) in [6.45, 7) is 4.86. The van der Waals surface area contributed by atoms with E-state index in [1.807, 2.05) is 30.3 Å². The van der Waals surface area contributed by atoms with Gasteiger partial charge in [0.05, 0.1) is 5.92 Å². The van der Waals surface area contributed by atoms with Crippen molar-refractivity contribution in [3.63, 3.8) is 0 Å². The quantitative estimate of drug-likeness (QED) is 0.789. The van der Waals surface area contributed by atoms with Gasteiger partial charge in [-0.05, 0) is 38.1 Å². The van der Waals surface area contributed by atoms with Gasteiger partial charge in [0.2, 0.25) is 0 Å². The van der Waals surface area contributed by atoms with Crippen LogP contribution in [-0.4, -0.2) is 35.6 Å². The van der Waals surface area contributed by atoms with Crippen molar-refractivity contribution in [2.45, 2.75) is 19.8 Å². The van der Waals surface area contributed by atoms with Crippen LogP contribution in [0.5, 0.6) is 0 Å². The number of para-hydroxylation sites is 1. The second-order valence-corrected chi connectivity index (χ2v) is 4.48. The van der Waals surface area contributed by atoms with E-state index in [0.717, 1.165) is 38.2 Å². The molecule has 1 aromatic rings. The number of hydrogen-bond acceptors (Lipinski definition) is 3. The van der Waals surface area contributed by atoms with Crippen LogP contribution in [0.25, 0.3) is 0 Å². The van der Waals surface area contributed by atoms with Gasteiger partial charge in [-0.2, -0.15) is 0 Å². The first-order chi connectivity index (χ1) is 8.63. The predicted octanol–water partition coefficient (Wildman–Crippen LogP) is 2.07. The molecule has 0 saturated carbocycles. The maximum atomic E-state index is 10.6. The Morgan fingerprint density at radius 2 is 2.11 bits per heavy atom. The van der Waals surface area contributed by atoms with Crippen LogP contribution in [0.15, 0.2) is 30.3 Å². The Balaban J connectivity index is 0.000000199. The van der Waals surface area contributed by atoms with Crippen molar-refractivity contribution in [2.24, 2.45) is 5.92 Å². The number of nitrogen functional groups attached to an aromatic ring is 1. The first-order valence-corrected chi connectivity index (χ1v) is 6.39. The molecule has 0 bridgehead atoms.